The van der Waals surface area contributed by atoms with E-state index in [9.17, 15) is 4.79 Å². The van der Waals surface area contributed by atoms with Gasteiger partial charge >= 0.3 is 0 Å². The molecule has 0 spiro atoms. The molecule has 1 amide bonds. The number of carbonyl (C=O) groups excluding carboxylic acids is 1. The molecule has 0 fully saturated rings. The van der Waals surface area contributed by atoms with Crippen LogP contribution in [-0.4, -0.2) is 40.6 Å². The second-order valence-electron chi connectivity index (χ2n) is 3.71. The standard InChI is InChI=1S/C11H17BrN4O2/c1-2-3-16(4-5-17)11(18)9-6-8(12)7-14-10(9)15-13/h6-7,17H,2-5,13H2,1H3,(H,14,15). The van der Waals surface area contributed by atoms with Gasteiger partial charge in [0.2, 0.25) is 0 Å². The van der Waals surface area contributed by atoms with Gasteiger partial charge in [0, 0.05) is 23.8 Å². The van der Waals surface area contributed by atoms with E-state index in [-0.39, 0.29) is 12.5 Å². The van der Waals surface area contributed by atoms with Crippen molar-refractivity contribution >= 4 is 27.7 Å². The first-order chi connectivity index (χ1) is 8.63. The lowest BCUT2D eigenvalue weighted by atomic mass is 10.2. The van der Waals surface area contributed by atoms with Crippen molar-refractivity contribution in [1.82, 2.24) is 9.88 Å². The summed E-state index contributed by atoms with van der Waals surface area (Å²) in [5, 5.41) is 8.98. The summed E-state index contributed by atoms with van der Waals surface area (Å²) < 4.78 is 0.699. The molecule has 1 aromatic rings. The predicted molar refractivity (Wildman–Crippen MR) is 73.0 cm³/mol. The zero-order valence-electron chi connectivity index (χ0n) is 10.2. The van der Waals surface area contributed by atoms with E-state index in [2.05, 4.69) is 26.3 Å². The van der Waals surface area contributed by atoms with Crippen LogP contribution in [0.2, 0.25) is 0 Å². The Bertz CT molecular complexity index is 408. The van der Waals surface area contributed by atoms with Crippen LogP contribution in [0, 0.1) is 0 Å². The largest absolute Gasteiger partial charge is 0.395 e. The van der Waals surface area contributed by atoms with E-state index in [1.54, 1.807) is 17.2 Å². The van der Waals surface area contributed by atoms with Gasteiger partial charge in [0.1, 0.15) is 0 Å². The zero-order chi connectivity index (χ0) is 13.5. The maximum atomic E-state index is 12.3. The van der Waals surface area contributed by atoms with Gasteiger partial charge in [-0.15, -0.1) is 0 Å². The van der Waals surface area contributed by atoms with Crippen LogP contribution < -0.4 is 11.3 Å². The molecule has 0 aliphatic heterocycles. The second kappa shape index (κ2) is 7.30. The van der Waals surface area contributed by atoms with Crippen molar-refractivity contribution in [3.8, 4) is 0 Å². The molecule has 1 aromatic heterocycles. The summed E-state index contributed by atoms with van der Waals surface area (Å²) in [5.41, 5.74) is 2.78. The quantitative estimate of drug-likeness (QED) is 0.537. The van der Waals surface area contributed by atoms with Crippen molar-refractivity contribution in [3.05, 3.63) is 22.3 Å². The molecule has 0 saturated heterocycles. The van der Waals surface area contributed by atoms with Gasteiger partial charge in [0.05, 0.1) is 12.2 Å². The molecule has 1 heterocycles. The van der Waals surface area contributed by atoms with E-state index in [0.717, 1.165) is 6.42 Å². The van der Waals surface area contributed by atoms with Gasteiger partial charge in [-0.2, -0.15) is 0 Å². The van der Waals surface area contributed by atoms with Gasteiger partial charge in [-0.05, 0) is 28.4 Å². The first-order valence-electron chi connectivity index (χ1n) is 5.66. The number of nitrogen functional groups attached to an aromatic ring is 1. The molecule has 0 aliphatic carbocycles. The highest BCUT2D eigenvalue weighted by atomic mass is 79.9. The highest BCUT2D eigenvalue weighted by Crippen LogP contribution is 2.19. The van der Waals surface area contributed by atoms with Crippen molar-refractivity contribution in [2.24, 2.45) is 5.84 Å². The number of amides is 1. The lowest BCUT2D eigenvalue weighted by Gasteiger charge is -2.22. The molecule has 0 unspecified atom stereocenters. The number of carbonyl (C=O) groups is 1. The number of aromatic nitrogens is 1. The van der Waals surface area contributed by atoms with Crippen LogP contribution in [0.1, 0.15) is 23.7 Å². The molecular formula is C11H17BrN4O2. The molecule has 0 aliphatic rings. The average Bonchev–Trinajstić information content (AvgIpc) is 2.37. The van der Waals surface area contributed by atoms with E-state index in [4.69, 9.17) is 10.9 Å². The highest BCUT2D eigenvalue weighted by molar-refractivity contribution is 9.10. The number of hydrogen-bond acceptors (Lipinski definition) is 5. The van der Waals surface area contributed by atoms with Crippen molar-refractivity contribution < 1.29 is 9.90 Å². The Morgan fingerprint density at radius 3 is 2.89 bits per heavy atom. The third-order valence-electron chi connectivity index (χ3n) is 2.37. The fourth-order valence-corrected chi connectivity index (χ4v) is 1.92. The van der Waals surface area contributed by atoms with Crippen molar-refractivity contribution in [3.63, 3.8) is 0 Å². The van der Waals surface area contributed by atoms with E-state index < -0.39 is 0 Å². The maximum Gasteiger partial charge on any atom is 0.257 e. The van der Waals surface area contributed by atoms with Gasteiger partial charge in [0.25, 0.3) is 5.91 Å². The zero-order valence-corrected chi connectivity index (χ0v) is 11.8. The summed E-state index contributed by atoms with van der Waals surface area (Å²) in [6, 6.07) is 1.66. The van der Waals surface area contributed by atoms with Gasteiger partial charge in [0.15, 0.2) is 5.82 Å². The topological polar surface area (TPSA) is 91.5 Å². The minimum absolute atomic E-state index is 0.0709. The summed E-state index contributed by atoms with van der Waals surface area (Å²) in [7, 11) is 0. The van der Waals surface area contributed by atoms with E-state index in [0.29, 0.717) is 28.9 Å². The third kappa shape index (κ3) is 3.66. The van der Waals surface area contributed by atoms with Crippen LogP contribution in [0.3, 0.4) is 0 Å². The molecule has 0 radical (unpaired) electrons. The number of aliphatic hydroxyl groups excluding tert-OH is 1. The van der Waals surface area contributed by atoms with Crippen LogP contribution >= 0.6 is 15.9 Å². The number of hydrogen-bond donors (Lipinski definition) is 3. The summed E-state index contributed by atoms with van der Waals surface area (Å²) in [6.45, 7) is 2.77. The molecule has 6 nitrogen and oxygen atoms in total. The number of halogens is 1. The number of nitrogens with one attached hydrogen (secondary N) is 1. The molecule has 0 atom stereocenters. The fraction of sp³-hybridized carbons (Fsp3) is 0.455. The first-order valence-corrected chi connectivity index (χ1v) is 6.45. The van der Waals surface area contributed by atoms with Gasteiger partial charge in [-0.1, -0.05) is 6.92 Å². The Balaban J connectivity index is 3.02. The minimum atomic E-state index is -0.201. The number of anilines is 1. The first kappa shape index (κ1) is 14.9. The highest BCUT2D eigenvalue weighted by Gasteiger charge is 2.19. The van der Waals surface area contributed by atoms with Crippen molar-refractivity contribution in [2.75, 3.05) is 25.1 Å². The molecular weight excluding hydrogens is 300 g/mol. The number of hydrazine groups is 1. The molecule has 18 heavy (non-hydrogen) atoms. The summed E-state index contributed by atoms with van der Waals surface area (Å²) in [6.07, 6.45) is 2.38. The molecule has 100 valence electrons. The lowest BCUT2D eigenvalue weighted by Crippen LogP contribution is -2.35. The number of aliphatic hydroxyl groups is 1. The van der Waals surface area contributed by atoms with Crippen molar-refractivity contribution in [2.45, 2.75) is 13.3 Å². The second-order valence-corrected chi connectivity index (χ2v) is 4.63. The third-order valence-corrected chi connectivity index (χ3v) is 2.81. The Kier molecular flexibility index (Phi) is 6.03. The molecule has 0 saturated carbocycles. The monoisotopic (exact) mass is 316 g/mol. The van der Waals surface area contributed by atoms with E-state index >= 15 is 0 Å². The van der Waals surface area contributed by atoms with Crippen molar-refractivity contribution in [1.29, 1.82) is 0 Å². The molecule has 4 N–H and O–H groups in total. The lowest BCUT2D eigenvalue weighted by molar-refractivity contribution is 0.0722. The van der Waals surface area contributed by atoms with Crippen LogP contribution in [0.5, 0.6) is 0 Å². The van der Waals surface area contributed by atoms with Crippen LogP contribution in [0.25, 0.3) is 0 Å². The summed E-state index contributed by atoms with van der Waals surface area (Å²) in [5.74, 6) is 5.46. The van der Waals surface area contributed by atoms with Gasteiger partial charge < -0.3 is 15.4 Å². The summed E-state index contributed by atoms with van der Waals surface area (Å²) in [4.78, 5) is 17.9. The molecule has 0 aromatic carbocycles. The average molecular weight is 317 g/mol. The molecule has 7 heteroatoms. The number of pyridine rings is 1. The Hall–Kier alpha value is -1.18. The summed E-state index contributed by atoms with van der Waals surface area (Å²) >= 11 is 3.27. The SMILES string of the molecule is CCCN(CCO)C(=O)c1cc(Br)cnc1NN. The Morgan fingerprint density at radius 2 is 2.33 bits per heavy atom. The van der Waals surface area contributed by atoms with Crippen LogP contribution in [-0.2, 0) is 0 Å². The number of rotatable bonds is 6. The molecule has 1 rings (SSSR count). The number of nitrogens with two attached hydrogens (primary N) is 1. The van der Waals surface area contributed by atoms with E-state index in [1.165, 1.54) is 0 Å². The Labute approximate surface area is 114 Å². The minimum Gasteiger partial charge on any atom is -0.395 e. The van der Waals surface area contributed by atoms with Gasteiger partial charge in [-0.25, -0.2) is 10.8 Å². The fourth-order valence-electron chi connectivity index (χ4n) is 1.59. The number of nitrogens with zero attached hydrogens (tertiary/aromatic N) is 2. The normalized spacial score (nSPS) is 10.2. The maximum absolute atomic E-state index is 12.3. The van der Waals surface area contributed by atoms with E-state index in [1.807, 2.05) is 6.92 Å². The predicted octanol–water partition coefficient (Wildman–Crippen LogP) is 0.974. The van der Waals surface area contributed by atoms with Crippen LogP contribution in [0.15, 0.2) is 16.7 Å². The molecule has 0 bridgehead atoms. The van der Waals surface area contributed by atoms with Gasteiger partial charge in [-0.3, -0.25) is 4.79 Å². The van der Waals surface area contributed by atoms with Crippen LogP contribution in [0.4, 0.5) is 5.82 Å². The Morgan fingerprint density at radius 1 is 1.61 bits per heavy atom. The smallest absolute Gasteiger partial charge is 0.257 e.